The fraction of sp³-hybridized carbons (Fsp3) is 0.533. The minimum Gasteiger partial charge on any atom is -0.399 e. The number of hydrogen-bond donors (Lipinski definition) is 2. The zero-order valence-electron chi connectivity index (χ0n) is 12.8. The van der Waals surface area contributed by atoms with E-state index >= 15 is 0 Å². The number of nitrogens with zero attached hydrogens (tertiary/aromatic N) is 2. The monoisotopic (exact) mass is 277 g/mol. The standard InChI is InChI=1S/C15H24N4O/c1-10-7-11(5-6-13(10)16)18-9-12(19(2,3)4)8-14(18)15(17)20/h5-7,12,14H,8-9,16H2,1-4H3,(H-,17,20)/p+1. The maximum atomic E-state index is 11.8. The second-order valence-electron chi connectivity index (χ2n) is 6.62. The molecule has 2 atom stereocenters. The highest BCUT2D eigenvalue weighted by Crippen LogP contribution is 2.31. The minimum absolute atomic E-state index is 0.236. The van der Waals surface area contributed by atoms with Crippen LogP contribution < -0.4 is 16.4 Å². The van der Waals surface area contributed by atoms with Gasteiger partial charge in [0.15, 0.2) is 0 Å². The van der Waals surface area contributed by atoms with Crippen molar-refractivity contribution in [2.24, 2.45) is 5.73 Å². The summed E-state index contributed by atoms with van der Waals surface area (Å²) in [4.78, 5) is 13.9. The molecule has 1 aromatic rings. The highest BCUT2D eigenvalue weighted by molar-refractivity contribution is 5.84. The van der Waals surface area contributed by atoms with Crippen LogP contribution in [-0.2, 0) is 4.79 Å². The van der Waals surface area contributed by atoms with Gasteiger partial charge < -0.3 is 20.9 Å². The molecule has 1 aliphatic rings. The zero-order chi connectivity index (χ0) is 15.1. The third-order valence-electron chi connectivity index (χ3n) is 4.29. The van der Waals surface area contributed by atoms with E-state index in [9.17, 15) is 4.79 Å². The predicted octanol–water partition coefficient (Wildman–Crippen LogP) is 0.716. The molecule has 0 spiro atoms. The smallest absolute Gasteiger partial charge is 0.240 e. The van der Waals surface area contributed by atoms with Gasteiger partial charge in [0.1, 0.15) is 12.1 Å². The molecule has 0 aromatic heterocycles. The number of nitrogen functional groups attached to an aromatic ring is 1. The fourth-order valence-electron chi connectivity index (χ4n) is 2.77. The number of amides is 1. The van der Waals surface area contributed by atoms with Crippen LogP contribution in [0.2, 0.25) is 0 Å². The Morgan fingerprint density at radius 3 is 2.50 bits per heavy atom. The van der Waals surface area contributed by atoms with Gasteiger partial charge >= 0.3 is 0 Å². The minimum atomic E-state index is -0.254. The zero-order valence-corrected chi connectivity index (χ0v) is 12.8. The first kappa shape index (κ1) is 14.7. The Kier molecular flexibility index (Phi) is 3.65. The summed E-state index contributed by atoms with van der Waals surface area (Å²) in [7, 11) is 6.46. The van der Waals surface area contributed by atoms with E-state index in [2.05, 4.69) is 26.0 Å². The number of quaternary nitrogens is 1. The number of benzene rings is 1. The van der Waals surface area contributed by atoms with E-state index in [1.54, 1.807) is 0 Å². The van der Waals surface area contributed by atoms with Gasteiger partial charge in [0.25, 0.3) is 0 Å². The van der Waals surface area contributed by atoms with E-state index in [4.69, 9.17) is 11.5 Å². The van der Waals surface area contributed by atoms with Gasteiger partial charge in [0.2, 0.25) is 5.91 Å². The van der Waals surface area contributed by atoms with E-state index in [1.807, 2.05) is 25.1 Å². The number of likely N-dealkylation sites (N-methyl/N-ethyl adjacent to an activating group) is 1. The molecule has 110 valence electrons. The Hall–Kier alpha value is -1.75. The molecule has 5 nitrogen and oxygen atoms in total. The Bertz CT molecular complexity index is 521. The molecule has 1 aromatic carbocycles. The van der Waals surface area contributed by atoms with Crippen molar-refractivity contribution in [1.82, 2.24) is 0 Å². The summed E-state index contributed by atoms with van der Waals surface area (Å²) in [5.41, 5.74) is 14.3. The summed E-state index contributed by atoms with van der Waals surface area (Å²) < 4.78 is 0.828. The van der Waals surface area contributed by atoms with Crippen LogP contribution in [0.15, 0.2) is 18.2 Å². The Morgan fingerprint density at radius 1 is 1.35 bits per heavy atom. The van der Waals surface area contributed by atoms with Crippen LogP contribution in [0.3, 0.4) is 0 Å². The topological polar surface area (TPSA) is 72.3 Å². The first-order chi connectivity index (χ1) is 9.20. The lowest BCUT2D eigenvalue weighted by Crippen LogP contribution is -2.46. The molecule has 1 saturated heterocycles. The van der Waals surface area contributed by atoms with Crippen molar-refractivity contribution in [3.63, 3.8) is 0 Å². The molecule has 4 N–H and O–H groups in total. The van der Waals surface area contributed by atoms with E-state index in [0.29, 0.717) is 6.04 Å². The van der Waals surface area contributed by atoms with Crippen LogP contribution in [0.4, 0.5) is 11.4 Å². The van der Waals surface area contributed by atoms with Crippen LogP contribution in [0, 0.1) is 6.92 Å². The van der Waals surface area contributed by atoms with Crippen LogP contribution in [0.5, 0.6) is 0 Å². The third-order valence-corrected chi connectivity index (χ3v) is 4.29. The number of nitrogens with two attached hydrogens (primary N) is 2. The molecule has 0 saturated carbocycles. The SMILES string of the molecule is Cc1cc(N2CC([N+](C)(C)C)CC2C(N)=O)ccc1N. The summed E-state index contributed by atoms with van der Waals surface area (Å²) in [6.45, 7) is 2.81. The predicted molar refractivity (Wildman–Crippen MR) is 82.4 cm³/mol. The molecule has 2 unspecified atom stereocenters. The first-order valence-electron chi connectivity index (χ1n) is 6.93. The van der Waals surface area contributed by atoms with Gasteiger partial charge in [0.05, 0.1) is 27.7 Å². The summed E-state index contributed by atoms with van der Waals surface area (Å²) in [6, 6.07) is 6.05. The number of aryl methyl sites for hydroxylation is 1. The van der Waals surface area contributed by atoms with Crippen molar-refractivity contribution in [2.75, 3.05) is 38.3 Å². The molecule has 0 aliphatic carbocycles. The van der Waals surface area contributed by atoms with Gasteiger partial charge in [-0.05, 0) is 30.7 Å². The van der Waals surface area contributed by atoms with Crippen LogP contribution in [-0.4, -0.2) is 50.2 Å². The van der Waals surface area contributed by atoms with Crippen LogP contribution in [0.25, 0.3) is 0 Å². The number of anilines is 2. The maximum absolute atomic E-state index is 11.8. The highest BCUT2D eigenvalue weighted by Gasteiger charge is 2.41. The van der Waals surface area contributed by atoms with Crippen molar-refractivity contribution < 1.29 is 9.28 Å². The molecule has 1 aliphatic heterocycles. The molecular weight excluding hydrogens is 252 g/mol. The van der Waals surface area contributed by atoms with Crippen molar-refractivity contribution in [1.29, 1.82) is 0 Å². The number of hydrogen-bond acceptors (Lipinski definition) is 3. The molecule has 5 heteroatoms. The van der Waals surface area contributed by atoms with Gasteiger partial charge in [-0.15, -0.1) is 0 Å². The molecule has 20 heavy (non-hydrogen) atoms. The van der Waals surface area contributed by atoms with Gasteiger partial charge in [-0.25, -0.2) is 0 Å². The summed E-state index contributed by atoms with van der Waals surface area (Å²) in [5, 5.41) is 0. The van der Waals surface area contributed by atoms with Gasteiger partial charge in [-0.2, -0.15) is 0 Å². The molecule has 1 fully saturated rings. The van der Waals surface area contributed by atoms with Crippen LogP contribution in [0.1, 0.15) is 12.0 Å². The number of primary amides is 1. The van der Waals surface area contributed by atoms with Gasteiger partial charge in [0, 0.05) is 17.8 Å². The normalized spacial score (nSPS) is 23.1. The molecular formula is C15H25N4O+. The number of carbonyl (C=O) groups excluding carboxylic acids is 1. The second kappa shape index (κ2) is 4.98. The Labute approximate surface area is 120 Å². The molecule has 1 amide bonds. The lowest BCUT2D eigenvalue weighted by molar-refractivity contribution is -0.893. The first-order valence-corrected chi connectivity index (χ1v) is 6.93. The van der Waals surface area contributed by atoms with E-state index < -0.39 is 0 Å². The van der Waals surface area contributed by atoms with E-state index in [1.165, 1.54) is 0 Å². The van der Waals surface area contributed by atoms with Crippen molar-refractivity contribution in [2.45, 2.75) is 25.4 Å². The molecule has 1 heterocycles. The maximum Gasteiger partial charge on any atom is 0.240 e. The highest BCUT2D eigenvalue weighted by atomic mass is 16.1. The average molecular weight is 277 g/mol. The van der Waals surface area contributed by atoms with Gasteiger partial charge in [-0.1, -0.05) is 0 Å². The lowest BCUT2D eigenvalue weighted by Gasteiger charge is -2.31. The fourth-order valence-corrected chi connectivity index (χ4v) is 2.77. The van der Waals surface area contributed by atoms with Crippen LogP contribution >= 0.6 is 0 Å². The lowest BCUT2D eigenvalue weighted by atomic mass is 10.1. The van der Waals surface area contributed by atoms with Gasteiger partial charge in [-0.3, -0.25) is 4.79 Å². The third kappa shape index (κ3) is 2.72. The summed E-state index contributed by atoms with van der Waals surface area (Å²) >= 11 is 0. The second-order valence-corrected chi connectivity index (χ2v) is 6.62. The largest absolute Gasteiger partial charge is 0.399 e. The van der Waals surface area contributed by atoms with Crippen molar-refractivity contribution in [3.8, 4) is 0 Å². The van der Waals surface area contributed by atoms with Crippen molar-refractivity contribution >= 4 is 17.3 Å². The Balaban J connectivity index is 2.32. The summed E-state index contributed by atoms with van der Waals surface area (Å²) in [6.07, 6.45) is 0.794. The van der Waals surface area contributed by atoms with E-state index in [-0.39, 0.29) is 11.9 Å². The number of carbonyl (C=O) groups is 1. The van der Waals surface area contributed by atoms with E-state index in [0.717, 1.165) is 34.4 Å². The quantitative estimate of drug-likeness (QED) is 0.631. The average Bonchev–Trinajstić information content (AvgIpc) is 2.77. The molecule has 2 rings (SSSR count). The number of rotatable bonds is 3. The summed E-state index contributed by atoms with van der Waals surface area (Å²) in [5.74, 6) is -0.254. The van der Waals surface area contributed by atoms with Crippen molar-refractivity contribution in [3.05, 3.63) is 23.8 Å². The molecule has 0 bridgehead atoms. The Morgan fingerprint density at radius 2 is 2.00 bits per heavy atom. The molecule has 0 radical (unpaired) electrons.